The molecule has 1 atom stereocenters. The van der Waals surface area contributed by atoms with Crippen molar-refractivity contribution in [3.05, 3.63) is 47.0 Å². The summed E-state index contributed by atoms with van der Waals surface area (Å²) in [6, 6.07) is 1.80. The minimum atomic E-state index is -4.55. The second-order valence-corrected chi connectivity index (χ2v) is 7.52. The van der Waals surface area contributed by atoms with Crippen LogP contribution < -0.4 is 5.32 Å². The molecule has 0 radical (unpaired) electrons. The highest BCUT2D eigenvalue weighted by Gasteiger charge is 2.33. The first-order chi connectivity index (χ1) is 14.1. The number of aryl methyl sites for hydroxylation is 2. The van der Waals surface area contributed by atoms with E-state index >= 15 is 0 Å². The van der Waals surface area contributed by atoms with E-state index in [0.29, 0.717) is 25.9 Å². The SMILES string of the molecule is Cc1cnn(CC(=O)N2CCC[C@H](NC(=O)c3ccc(C(F)(F)F)nc3C)CC2)c1. The van der Waals surface area contributed by atoms with Crippen molar-refractivity contribution >= 4 is 11.8 Å². The van der Waals surface area contributed by atoms with E-state index in [1.165, 1.54) is 6.92 Å². The minimum Gasteiger partial charge on any atom is -0.349 e. The van der Waals surface area contributed by atoms with Crippen LogP contribution in [0, 0.1) is 13.8 Å². The number of halogens is 3. The highest BCUT2D eigenvalue weighted by Crippen LogP contribution is 2.28. The molecule has 0 saturated carbocycles. The Morgan fingerprint density at radius 3 is 2.60 bits per heavy atom. The topological polar surface area (TPSA) is 80.1 Å². The molecule has 1 saturated heterocycles. The first-order valence-electron chi connectivity index (χ1n) is 9.76. The molecule has 0 aliphatic carbocycles. The summed E-state index contributed by atoms with van der Waals surface area (Å²) in [4.78, 5) is 30.3. The predicted octanol–water partition coefficient (Wildman–Crippen LogP) is 2.72. The Morgan fingerprint density at radius 1 is 1.20 bits per heavy atom. The fourth-order valence-corrected chi connectivity index (χ4v) is 3.50. The summed E-state index contributed by atoms with van der Waals surface area (Å²) < 4.78 is 39.9. The Balaban J connectivity index is 1.57. The molecular formula is C20H24F3N5O2. The number of likely N-dealkylation sites (tertiary alicyclic amines) is 1. The molecule has 0 spiro atoms. The number of aromatic nitrogens is 3. The summed E-state index contributed by atoms with van der Waals surface area (Å²) >= 11 is 0. The van der Waals surface area contributed by atoms with Crippen LogP contribution in [-0.4, -0.2) is 50.6 Å². The van der Waals surface area contributed by atoms with Crippen molar-refractivity contribution in [1.82, 2.24) is 25.0 Å². The summed E-state index contributed by atoms with van der Waals surface area (Å²) in [7, 11) is 0. The van der Waals surface area contributed by atoms with Crippen LogP contribution >= 0.6 is 0 Å². The molecule has 0 bridgehead atoms. The Morgan fingerprint density at radius 2 is 1.97 bits per heavy atom. The largest absolute Gasteiger partial charge is 0.433 e. The summed E-state index contributed by atoms with van der Waals surface area (Å²) in [5.41, 5.74) is 0.110. The minimum absolute atomic E-state index is 0.0299. The van der Waals surface area contributed by atoms with E-state index in [2.05, 4.69) is 15.4 Å². The fraction of sp³-hybridized carbons (Fsp3) is 0.500. The first kappa shape index (κ1) is 21.8. The second kappa shape index (κ2) is 8.85. The molecule has 3 heterocycles. The number of nitrogens with one attached hydrogen (secondary N) is 1. The lowest BCUT2D eigenvalue weighted by atomic mass is 10.1. The summed E-state index contributed by atoms with van der Waals surface area (Å²) in [5, 5.41) is 7.00. The van der Waals surface area contributed by atoms with Gasteiger partial charge in [-0.3, -0.25) is 14.3 Å². The smallest absolute Gasteiger partial charge is 0.349 e. The van der Waals surface area contributed by atoms with Crippen molar-refractivity contribution in [2.24, 2.45) is 0 Å². The third kappa shape index (κ3) is 5.37. The molecule has 0 unspecified atom stereocenters. The van der Waals surface area contributed by atoms with E-state index in [-0.39, 0.29) is 29.8 Å². The standard InChI is InChI=1S/C20H24F3N5O2/c1-13-10-24-28(11-13)12-18(29)27-8-3-4-15(7-9-27)26-19(30)16-5-6-17(20(21,22)23)25-14(16)2/h5-6,10-11,15H,3-4,7-9,12H2,1-2H3,(H,26,30)/t15-/m0/s1. The van der Waals surface area contributed by atoms with Gasteiger partial charge >= 0.3 is 6.18 Å². The average molecular weight is 423 g/mol. The Kier molecular flexibility index (Phi) is 6.42. The van der Waals surface area contributed by atoms with E-state index in [9.17, 15) is 22.8 Å². The molecule has 7 nitrogen and oxygen atoms in total. The van der Waals surface area contributed by atoms with Crippen molar-refractivity contribution in [2.75, 3.05) is 13.1 Å². The van der Waals surface area contributed by atoms with Gasteiger partial charge in [-0.15, -0.1) is 0 Å². The molecule has 2 aromatic rings. The van der Waals surface area contributed by atoms with Crippen LogP contribution in [0.2, 0.25) is 0 Å². The Bertz CT molecular complexity index is 925. The van der Waals surface area contributed by atoms with Crippen LogP contribution in [0.15, 0.2) is 24.5 Å². The zero-order valence-electron chi connectivity index (χ0n) is 16.9. The van der Waals surface area contributed by atoms with E-state index in [1.54, 1.807) is 22.0 Å². The van der Waals surface area contributed by atoms with Crippen LogP contribution in [-0.2, 0) is 17.5 Å². The maximum atomic E-state index is 12.8. The van der Waals surface area contributed by atoms with Crippen LogP contribution in [0.4, 0.5) is 13.2 Å². The van der Waals surface area contributed by atoms with Crippen LogP contribution in [0.3, 0.4) is 0 Å². The van der Waals surface area contributed by atoms with Crippen molar-refractivity contribution in [2.45, 2.75) is 51.9 Å². The highest BCUT2D eigenvalue weighted by molar-refractivity contribution is 5.95. The number of alkyl halides is 3. The molecule has 2 aromatic heterocycles. The molecule has 3 rings (SSSR count). The van der Waals surface area contributed by atoms with E-state index in [0.717, 1.165) is 24.1 Å². The molecule has 1 aliphatic heterocycles. The fourth-order valence-electron chi connectivity index (χ4n) is 3.50. The Hall–Kier alpha value is -2.91. The highest BCUT2D eigenvalue weighted by atomic mass is 19.4. The van der Waals surface area contributed by atoms with Crippen molar-refractivity contribution in [3.8, 4) is 0 Å². The van der Waals surface area contributed by atoms with Crippen molar-refractivity contribution < 1.29 is 22.8 Å². The van der Waals surface area contributed by atoms with Gasteiger partial charge in [0, 0.05) is 25.3 Å². The normalized spacial score (nSPS) is 17.5. The maximum absolute atomic E-state index is 12.8. The monoisotopic (exact) mass is 423 g/mol. The molecule has 2 amide bonds. The first-order valence-corrected chi connectivity index (χ1v) is 9.76. The van der Waals surface area contributed by atoms with Crippen LogP contribution in [0.1, 0.15) is 46.6 Å². The van der Waals surface area contributed by atoms with Gasteiger partial charge in [-0.1, -0.05) is 0 Å². The molecule has 10 heteroatoms. The zero-order valence-corrected chi connectivity index (χ0v) is 16.9. The summed E-state index contributed by atoms with van der Waals surface area (Å²) in [6.07, 6.45) is 0.926. The number of amides is 2. The van der Waals surface area contributed by atoms with Crippen molar-refractivity contribution in [3.63, 3.8) is 0 Å². The molecular weight excluding hydrogens is 399 g/mol. The number of hydrogen-bond donors (Lipinski definition) is 1. The third-order valence-corrected chi connectivity index (χ3v) is 5.10. The van der Waals surface area contributed by atoms with Crippen LogP contribution in [0.5, 0.6) is 0 Å². The lowest BCUT2D eigenvalue weighted by Crippen LogP contribution is -2.38. The molecule has 30 heavy (non-hydrogen) atoms. The van der Waals surface area contributed by atoms with E-state index < -0.39 is 17.8 Å². The van der Waals surface area contributed by atoms with Gasteiger partial charge in [0.2, 0.25) is 5.91 Å². The second-order valence-electron chi connectivity index (χ2n) is 7.52. The van der Waals surface area contributed by atoms with Gasteiger partial charge in [0.1, 0.15) is 12.2 Å². The van der Waals surface area contributed by atoms with Crippen LogP contribution in [0.25, 0.3) is 0 Å². The van der Waals surface area contributed by atoms with Gasteiger partial charge in [-0.05, 0) is 50.8 Å². The van der Waals surface area contributed by atoms with Gasteiger partial charge in [-0.2, -0.15) is 18.3 Å². The number of carbonyl (C=O) groups is 2. The van der Waals surface area contributed by atoms with Gasteiger partial charge in [0.05, 0.1) is 17.5 Å². The van der Waals surface area contributed by atoms with Gasteiger partial charge < -0.3 is 10.2 Å². The molecule has 162 valence electrons. The number of nitrogens with zero attached hydrogens (tertiary/aromatic N) is 4. The molecule has 1 N–H and O–H groups in total. The van der Waals surface area contributed by atoms with Gasteiger partial charge in [0.15, 0.2) is 0 Å². The Labute approximate surface area is 172 Å². The lowest BCUT2D eigenvalue weighted by molar-refractivity contribution is -0.141. The van der Waals surface area contributed by atoms with Gasteiger partial charge in [0.25, 0.3) is 5.91 Å². The lowest BCUT2D eigenvalue weighted by Gasteiger charge is -2.21. The van der Waals surface area contributed by atoms with Crippen molar-refractivity contribution in [1.29, 1.82) is 0 Å². The number of hydrogen-bond acceptors (Lipinski definition) is 4. The number of pyridine rings is 1. The zero-order chi connectivity index (χ0) is 21.9. The summed E-state index contributed by atoms with van der Waals surface area (Å²) in [5.74, 6) is -0.488. The number of rotatable bonds is 4. The molecule has 0 aromatic carbocycles. The predicted molar refractivity (Wildman–Crippen MR) is 103 cm³/mol. The summed E-state index contributed by atoms with van der Waals surface area (Å²) in [6.45, 7) is 4.54. The van der Waals surface area contributed by atoms with E-state index in [4.69, 9.17) is 0 Å². The quantitative estimate of drug-likeness (QED) is 0.820. The number of carbonyl (C=O) groups excluding carboxylic acids is 2. The molecule has 1 fully saturated rings. The maximum Gasteiger partial charge on any atom is 0.433 e. The average Bonchev–Trinajstić information content (AvgIpc) is 2.93. The third-order valence-electron chi connectivity index (χ3n) is 5.10. The molecule has 1 aliphatic rings. The van der Waals surface area contributed by atoms with Gasteiger partial charge in [-0.25, -0.2) is 4.98 Å². The van der Waals surface area contributed by atoms with E-state index in [1.807, 2.05) is 6.92 Å².